The van der Waals surface area contributed by atoms with E-state index in [1.54, 1.807) is 19.1 Å². The smallest absolute Gasteiger partial charge is 0.360 e. The molecule has 0 radical (unpaired) electrons. The number of aryl methyl sites for hydroxylation is 1. The van der Waals surface area contributed by atoms with E-state index in [9.17, 15) is 14.4 Å². The van der Waals surface area contributed by atoms with Gasteiger partial charge < -0.3 is 10.1 Å². The molecule has 1 N–H and O–H groups in total. The Bertz CT molecular complexity index is 1170. The van der Waals surface area contributed by atoms with Gasteiger partial charge in [0.25, 0.3) is 11.5 Å². The Hall–Kier alpha value is -3.16. The first kappa shape index (κ1) is 21.5. The number of aromatic nitrogens is 2. The molecule has 0 aliphatic heterocycles. The van der Waals surface area contributed by atoms with E-state index < -0.39 is 17.4 Å². The Morgan fingerprint density at radius 2 is 1.80 bits per heavy atom. The van der Waals surface area contributed by atoms with Crippen LogP contribution in [0.5, 0.6) is 0 Å². The average Bonchev–Trinajstić information content (AvgIpc) is 2.69. The summed E-state index contributed by atoms with van der Waals surface area (Å²) in [5, 5.41) is 7.14. The number of halogens is 2. The third kappa shape index (κ3) is 4.69. The van der Waals surface area contributed by atoms with Crippen molar-refractivity contribution in [1.29, 1.82) is 0 Å². The number of anilines is 1. The second-order valence-corrected chi connectivity index (χ2v) is 7.13. The summed E-state index contributed by atoms with van der Waals surface area (Å²) in [5.41, 5.74) is 0.757. The van der Waals surface area contributed by atoms with Gasteiger partial charge in [-0.3, -0.25) is 9.59 Å². The third-order valence-electron chi connectivity index (χ3n) is 4.10. The fraction of sp³-hybridized carbons (Fsp3) is 0.143. The predicted molar refractivity (Wildman–Crippen MR) is 115 cm³/mol. The number of ether oxygens (including phenoxy) is 1. The number of carbonyl (C=O) groups excluding carboxylic acids is 2. The van der Waals surface area contributed by atoms with Gasteiger partial charge in [-0.05, 0) is 44.2 Å². The molecule has 0 aliphatic rings. The Balaban J connectivity index is 2.05. The summed E-state index contributed by atoms with van der Waals surface area (Å²) < 4.78 is 6.10. The number of esters is 1. The van der Waals surface area contributed by atoms with Crippen molar-refractivity contribution >= 4 is 40.8 Å². The lowest BCUT2D eigenvalue weighted by atomic mass is 10.2. The van der Waals surface area contributed by atoms with Crippen LogP contribution >= 0.6 is 23.2 Å². The highest BCUT2D eigenvalue weighted by Crippen LogP contribution is 2.23. The highest BCUT2D eigenvalue weighted by Gasteiger charge is 2.21. The number of nitrogens with zero attached hydrogens (tertiary/aromatic N) is 2. The zero-order chi connectivity index (χ0) is 21.8. The number of hydrogen-bond acceptors (Lipinski definition) is 5. The molecule has 30 heavy (non-hydrogen) atoms. The minimum Gasteiger partial charge on any atom is -0.461 e. The molecule has 154 valence electrons. The van der Waals surface area contributed by atoms with Crippen LogP contribution in [0.2, 0.25) is 10.0 Å². The van der Waals surface area contributed by atoms with E-state index in [0.717, 1.165) is 16.3 Å². The van der Waals surface area contributed by atoms with Gasteiger partial charge in [0, 0.05) is 11.1 Å². The number of benzene rings is 2. The molecule has 7 nitrogen and oxygen atoms in total. The molecule has 0 bridgehead atoms. The molecule has 1 heterocycles. The molecule has 0 fully saturated rings. The summed E-state index contributed by atoms with van der Waals surface area (Å²) in [4.78, 5) is 37.7. The third-order valence-corrected chi connectivity index (χ3v) is 4.65. The van der Waals surface area contributed by atoms with Crippen molar-refractivity contribution in [1.82, 2.24) is 9.78 Å². The van der Waals surface area contributed by atoms with Crippen LogP contribution in [0, 0.1) is 6.92 Å². The standard InChI is InChI=1S/C21H17Cl2N3O4/c1-3-30-21(29)19-17(24-20(28)15-9-6-13(22)10-16(15)23)11-18(27)26(25-19)14-7-4-12(2)5-8-14/h4-11H,3H2,1-2H3,(H,24,28). The Kier molecular flexibility index (Phi) is 6.54. The number of hydrogen-bond donors (Lipinski definition) is 1. The minimum atomic E-state index is -0.782. The zero-order valence-corrected chi connectivity index (χ0v) is 17.6. The van der Waals surface area contributed by atoms with E-state index in [0.29, 0.717) is 10.7 Å². The van der Waals surface area contributed by atoms with Gasteiger partial charge in [0.15, 0.2) is 5.69 Å². The number of rotatable bonds is 5. The van der Waals surface area contributed by atoms with E-state index in [-0.39, 0.29) is 28.6 Å². The van der Waals surface area contributed by atoms with E-state index >= 15 is 0 Å². The van der Waals surface area contributed by atoms with Crippen molar-refractivity contribution in [3.63, 3.8) is 0 Å². The molecule has 9 heteroatoms. The van der Waals surface area contributed by atoms with Gasteiger partial charge in [-0.2, -0.15) is 9.78 Å². The molecule has 0 saturated carbocycles. The van der Waals surface area contributed by atoms with Crippen LogP contribution in [-0.2, 0) is 4.74 Å². The molecule has 0 atom stereocenters. The second kappa shape index (κ2) is 9.11. The fourth-order valence-electron chi connectivity index (χ4n) is 2.64. The van der Waals surface area contributed by atoms with E-state index in [1.807, 2.05) is 19.1 Å². The van der Waals surface area contributed by atoms with Gasteiger partial charge in [0.05, 0.1) is 28.6 Å². The monoisotopic (exact) mass is 445 g/mol. The number of nitrogens with one attached hydrogen (secondary N) is 1. The number of carbonyl (C=O) groups is 2. The zero-order valence-electron chi connectivity index (χ0n) is 16.1. The molecule has 1 aromatic heterocycles. The molecule has 0 unspecified atom stereocenters. The largest absolute Gasteiger partial charge is 0.461 e. The molecule has 0 spiro atoms. The van der Waals surface area contributed by atoms with Gasteiger partial charge in [-0.1, -0.05) is 40.9 Å². The lowest BCUT2D eigenvalue weighted by molar-refractivity contribution is 0.0518. The lowest BCUT2D eigenvalue weighted by Gasteiger charge is -2.13. The summed E-state index contributed by atoms with van der Waals surface area (Å²) >= 11 is 11.9. The molecular weight excluding hydrogens is 429 g/mol. The van der Waals surface area contributed by atoms with Gasteiger partial charge in [0.1, 0.15) is 0 Å². The summed E-state index contributed by atoms with van der Waals surface area (Å²) in [7, 11) is 0. The summed E-state index contributed by atoms with van der Waals surface area (Å²) in [6.07, 6.45) is 0. The van der Waals surface area contributed by atoms with Crippen LogP contribution in [0.25, 0.3) is 5.69 Å². The van der Waals surface area contributed by atoms with Crippen molar-refractivity contribution in [3.8, 4) is 5.69 Å². The van der Waals surface area contributed by atoms with Crippen LogP contribution in [0.15, 0.2) is 53.3 Å². The van der Waals surface area contributed by atoms with Crippen molar-refractivity contribution in [2.24, 2.45) is 0 Å². The first-order chi connectivity index (χ1) is 14.3. The molecule has 0 aliphatic carbocycles. The van der Waals surface area contributed by atoms with Crippen LogP contribution in [0.4, 0.5) is 5.69 Å². The van der Waals surface area contributed by atoms with Gasteiger partial charge in [0.2, 0.25) is 0 Å². The Morgan fingerprint density at radius 3 is 2.43 bits per heavy atom. The minimum absolute atomic E-state index is 0.0853. The van der Waals surface area contributed by atoms with Crippen LogP contribution in [0.1, 0.15) is 33.3 Å². The maximum atomic E-state index is 12.7. The number of amides is 1. The lowest BCUT2D eigenvalue weighted by Crippen LogP contribution is -2.27. The highest BCUT2D eigenvalue weighted by atomic mass is 35.5. The molecule has 1 amide bonds. The van der Waals surface area contributed by atoms with Crippen molar-refractivity contribution in [2.75, 3.05) is 11.9 Å². The van der Waals surface area contributed by atoms with Crippen LogP contribution in [-0.4, -0.2) is 28.3 Å². The van der Waals surface area contributed by atoms with Gasteiger partial charge in [-0.15, -0.1) is 0 Å². The van der Waals surface area contributed by atoms with Gasteiger partial charge >= 0.3 is 5.97 Å². The molecule has 0 saturated heterocycles. The van der Waals surface area contributed by atoms with E-state index in [4.69, 9.17) is 27.9 Å². The first-order valence-corrected chi connectivity index (χ1v) is 9.70. The predicted octanol–water partition coefficient (Wildman–Crippen LogP) is 4.28. The van der Waals surface area contributed by atoms with Gasteiger partial charge in [-0.25, -0.2) is 4.79 Å². The Labute approximate surface area is 182 Å². The second-order valence-electron chi connectivity index (χ2n) is 6.29. The summed E-state index contributed by atoms with van der Waals surface area (Å²) in [6, 6.07) is 12.5. The highest BCUT2D eigenvalue weighted by molar-refractivity contribution is 6.37. The van der Waals surface area contributed by atoms with Crippen LogP contribution < -0.4 is 10.9 Å². The molecule has 3 rings (SSSR count). The Morgan fingerprint density at radius 1 is 1.10 bits per heavy atom. The van der Waals surface area contributed by atoms with Crippen LogP contribution in [0.3, 0.4) is 0 Å². The average molecular weight is 446 g/mol. The first-order valence-electron chi connectivity index (χ1n) is 8.95. The quantitative estimate of drug-likeness (QED) is 0.591. The molecule has 2 aromatic carbocycles. The van der Waals surface area contributed by atoms with E-state index in [1.165, 1.54) is 18.2 Å². The van der Waals surface area contributed by atoms with Crippen molar-refractivity contribution in [3.05, 3.63) is 85.8 Å². The molecule has 3 aromatic rings. The topological polar surface area (TPSA) is 90.3 Å². The summed E-state index contributed by atoms with van der Waals surface area (Å²) in [5.74, 6) is -1.41. The fourth-order valence-corrected chi connectivity index (χ4v) is 3.13. The SMILES string of the molecule is CCOC(=O)c1nn(-c2ccc(C)cc2)c(=O)cc1NC(=O)c1ccc(Cl)cc1Cl. The molecular formula is C21H17Cl2N3O4. The van der Waals surface area contributed by atoms with Crippen molar-refractivity contribution in [2.45, 2.75) is 13.8 Å². The summed E-state index contributed by atoms with van der Waals surface area (Å²) in [6.45, 7) is 3.64. The maximum Gasteiger partial charge on any atom is 0.360 e. The maximum absolute atomic E-state index is 12.7. The van der Waals surface area contributed by atoms with E-state index in [2.05, 4.69) is 10.4 Å². The normalized spacial score (nSPS) is 10.5. The van der Waals surface area contributed by atoms with Crippen molar-refractivity contribution < 1.29 is 14.3 Å².